The lowest BCUT2D eigenvalue weighted by Crippen LogP contribution is -2.22. The van der Waals surface area contributed by atoms with E-state index in [4.69, 9.17) is 11.6 Å². The number of hydrogen-bond donors (Lipinski definition) is 1. The van der Waals surface area contributed by atoms with Crippen LogP contribution in [0.15, 0.2) is 47.8 Å². The lowest BCUT2D eigenvalue weighted by Gasteiger charge is -2.07. The molecule has 0 unspecified atom stereocenters. The van der Waals surface area contributed by atoms with Crippen LogP contribution in [0.3, 0.4) is 0 Å². The molecule has 8 nitrogen and oxygen atoms in total. The van der Waals surface area contributed by atoms with E-state index in [1.54, 1.807) is 16.8 Å². The Morgan fingerprint density at radius 3 is 3.04 bits per heavy atom. The molecule has 128 valence electrons. The summed E-state index contributed by atoms with van der Waals surface area (Å²) in [7, 11) is 0. The van der Waals surface area contributed by atoms with Gasteiger partial charge in [-0.05, 0) is 36.2 Å². The highest BCUT2D eigenvalue weighted by molar-refractivity contribution is 6.31. The first kappa shape index (κ1) is 15.0. The van der Waals surface area contributed by atoms with Crippen molar-refractivity contribution < 1.29 is 0 Å². The molecule has 0 saturated heterocycles. The summed E-state index contributed by atoms with van der Waals surface area (Å²) in [4.78, 5) is 19.9. The maximum Gasteiger partial charge on any atom is 0.280 e. The van der Waals surface area contributed by atoms with Crippen molar-refractivity contribution in [1.29, 1.82) is 0 Å². The van der Waals surface area contributed by atoms with E-state index in [1.165, 1.54) is 10.8 Å². The van der Waals surface area contributed by atoms with Gasteiger partial charge in [-0.15, -0.1) is 10.2 Å². The first-order chi connectivity index (χ1) is 12.7. The van der Waals surface area contributed by atoms with Crippen molar-refractivity contribution in [3.05, 3.63) is 63.9 Å². The van der Waals surface area contributed by atoms with Gasteiger partial charge < -0.3 is 9.55 Å². The number of benzene rings is 1. The molecule has 4 aromatic heterocycles. The maximum atomic E-state index is 12.7. The van der Waals surface area contributed by atoms with Crippen molar-refractivity contribution in [3.63, 3.8) is 0 Å². The predicted octanol–water partition coefficient (Wildman–Crippen LogP) is 2.21. The molecule has 1 N–H and O–H groups in total. The fraction of sp³-hybridized carbons (Fsp3) is 0.118. The number of halogens is 1. The van der Waals surface area contributed by atoms with Gasteiger partial charge in [0.15, 0.2) is 5.52 Å². The van der Waals surface area contributed by atoms with Gasteiger partial charge in [-0.1, -0.05) is 11.6 Å². The van der Waals surface area contributed by atoms with Crippen molar-refractivity contribution in [3.8, 4) is 0 Å². The molecule has 5 rings (SSSR count). The summed E-state index contributed by atoms with van der Waals surface area (Å²) in [6.07, 6.45) is 5.77. The van der Waals surface area contributed by atoms with E-state index in [0.29, 0.717) is 29.3 Å². The Labute approximate surface area is 151 Å². The average Bonchev–Trinajstić information content (AvgIpc) is 3.27. The van der Waals surface area contributed by atoms with E-state index in [0.717, 1.165) is 16.5 Å². The maximum absolute atomic E-state index is 12.7. The number of aryl methyl sites for hydroxylation is 2. The van der Waals surface area contributed by atoms with Crippen LogP contribution in [-0.4, -0.2) is 34.3 Å². The fourth-order valence-corrected chi connectivity index (χ4v) is 3.33. The lowest BCUT2D eigenvalue weighted by atomic mass is 10.1. The van der Waals surface area contributed by atoms with Gasteiger partial charge in [0, 0.05) is 34.9 Å². The SMILES string of the molecule is O=c1c2nnc3ncnn3c2ccn1CCc1c[nH]c2ccc(Cl)cc12. The minimum Gasteiger partial charge on any atom is -0.361 e. The monoisotopic (exact) mass is 365 g/mol. The molecule has 26 heavy (non-hydrogen) atoms. The van der Waals surface area contributed by atoms with E-state index < -0.39 is 0 Å². The van der Waals surface area contributed by atoms with Crippen LogP contribution >= 0.6 is 11.6 Å². The molecule has 9 heteroatoms. The zero-order chi connectivity index (χ0) is 17.7. The Hall–Kier alpha value is -3.26. The number of nitrogens with one attached hydrogen (secondary N) is 1. The van der Waals surface area contributed by atoms with Crippen LogP contribution in [0.4, 0.5) is 0 Å². The quantitative estimate of drug-likeness (QED) is 0.529. The first-order valence-corrected chi connectivity index (χ1v) is 8.39. The van der Waals surface area contributed by atoms with E-state index in [9.17, 15) is 4.79 Å². The van der Waals surface area contributed by atoms with Crippen molar-refractivity contribution in [1.82, 2.24) is 34.3 Å². The summed E-state index contributed by atoms with van der Waals surface area (Å²) in [5.74, 6) is 0.366. The van der Waals surface area contributed by atoms with Crippen LogP contribution in [0.5, 0.6) is 0 Å². The van der Waals surface area contributed by atoms with Crippen LogP contribution in [0.1, 0.15) is 5.56 Å². The van der Waals surface area contributed by atoms with E-state index in [2.05, 4.69) is 25.3 Å². The second-order valence-corrected chi connectivity index (χ2v) is 6.41. The second kappa shape index (κ2) is 5.63. The predicted molar refractivity (Wildman–Crippen MR) is 97.4 cm³/mol. The third kappa shape index (κ3) is 2.26. The molecule has 0 bridgehead atoms. The van der Waals surface area contributed by atoms with Crippen molar-refractivity contribution in [2.24, 2.45) is 0 Å². The normalized spacial score (nSPS) is 11.7. The molecule has 0 radical (unpaired) electrons. The number of hydrogen-bond acceptors (Lipinski definition) is 5. The van der Waals surface area contributed by atoms with Crippen molar-refractivity contribution in [2.45, 2.75) is 13.0 Å². The Balaban J connectivity index is 1.53. The molecule has 5 aromatic rings. The zero-order valence-electron chi connectivity index (χ0n) is 13.4. The Kier molecular flexibility index (Phi) is 3.26. The van der Waals surface area contributed by atoms with Crippen molar-refractivity contribution in [2.75, 3.05) is 0 Å². The van der Waals surface area contributed by atoms with Gasteiger partial charge in [0.2, 0.25) is 0 Å². The van der Waals surface area contributed by atoms with E-state index in [-0.39, 0.29) is 11.1 Å². The minimum atomic E-state index is -0.203. The lowest BCUT2D eigenvalue weighted by molar-refractivity contribution is 0.674. The number of pyridine rings is 1. The van der Waals surface area contributed by atoms with Gasteiger partial charge in [-0.3, -0.25) is 4.79 Å². The van der Waals surface area contributed by atoms with Gasteiger partial charge in [-0.25, -0.2) is 0 Å². The Morgan fingerprint density at radius 2 is 2.12 bits per heavy atom. The summed E-state index contributed by atoms with van der Waals surface area (Å²) in [5.41, 5.74) is 2.78. The molecule has 0 aliphatic carbocycles. The molecule has 1 aromatic carbocycles. The molecule has 0 amide bonds. The van der Waals surface area contributed by atoms with Crippen LogP contribution < -0.4 is 5.56 Å². The molecular formula is C17H12ClN7O. The average molecular weight is 366 g/mol. The number of nitrogens with zero attached hydrogens (tertiary/aromatic N) is 6. The molecule has 0 aliphatic heterocycles. The molecule has 0 aliphatic rings. The van der Waals surface area contributed by atoms with E-state index in [1.807, 2.05) is 24.4 Å². The van der Waals surface area contributed by atoms with Gasteiger partial charge in [-0.2, -0.15) is 14.6 Å². The number of aromatic nitrogens is 7. The number of fused-ring (bicyclic) bond motifs is 4. The Morgan fingerprint density at radius 1 is 1.19 bits per heavy atom. The zero-order valence-corrected chi connectivity index (χ0v) is 14.2. The summed E-state index contributed by atoms with van der Waals surface area (Å²) in [5, 5.41) is 13.8. The third-order valence-corrected chi connectivity index (χ3v) is 4.70. The molecule has 4 heterocycles. The van der Waals surface area contributed by atoms with Gasteiger partial charge in [0.1, 0.15) is 11.8 Å². The molecule has 0 fully saturated rings. The number of rotatable bonds is 3. The van der Waals surface area contributed by atoms with E-state index >= 15 is 0 Å². The fourth-order valence-electron chi connectivity index (χ4n) is 3.16. The number of aromatic amines is 1. The molecule has 0 atom stereocenters. The summed E-state index contributed by atoms with van der Waals surface area (Å²) < 4.78 is 3.14. The Bertz CT molecular complexity index is 1330. The minimum absolute atomic E-state index is 0.203. The van der Waals surface area contributed by atoms with Gasteiger partial charge in [0.05, 0.1) is 0 Å². The first-order valence-electron chi connectivity index (χ1n) is 8.02. The highest BCUT2D eigenvalue weighted by Gasteiger charge is 2.11. The van der Waals surface area contributed by atoms with Crippen LogP contribution in [0.25, 0.3) is 27.7 Å². The smallest absolute Gasteiger partial charge is 0.280 e. The molecular weight excluding hydrogens is 354 g/mol. The van der Waals surface area contributed by atoms with Gasteiger partial charge in [0.25, 0.3) is 11.3 Å². The van der Waals surface area contributed by atoms with Gasteiger partial charge >= 0.3 is 0 Å². The molecule has 0 saturated carbocycles. The van der Waals surface area contributed by atoms with Crippen LogP contribution in [0, 0.1) is 0 Å². The highest BCUT2D eigenvalue weighted by Crippen LogP contribution is 2.23. The van der Waals surface area contributed by atoms with Crippen LogP contribution in [-0.2, 0) is 13.0 Å². The summed E-state index contributed by atoms with van der Waals surface area (Å²) >= 11 is 6.10. The van der Waals surface area contributed by atoms with Crippen LogP contribution in [0.2, 0.25) is 5.02 Å². The topological polar surface area (TPSA) is 93.8 Å². The standard InChI is InChI=1S/C17H12ClN7O/c18-11-1-2-13-12(7-11)10(8-19-13)3-5-24-6-4-14-15(16(24)26)22-23-17-20-9-21-25(14)17/h1-2,4,6-9,19H,3,5H2. The molecule has 0 spiro atoms. The van der Waals surface area contributed by atoms with Crippen molar-refractivity contribution >= 4 is 39.3 Å². The number of H-pyrrole nitrogens is 1. The summed E-state index contributed by atoms with van der Waals surface area (Å²) in [6.45, 7) is 0.519. The second-order valence-electron chi connectivity index (χ2n) is 5.97. The largest absolute Gasteiger partial charge is 0.361 e. The highest BCUT2D eigenvalue weighted by atomic mass is 35.5. The third-order valence-electron chi connectivity index (χ3n) is 4.47. The summed E-state index contributed by atoms with van der Waals surface area (Å²) in [6, 6.07) is 7.53.